The zero-order chi connectivity index (χ0) is 12.1. The number of carbonyl (C=O) groups excluding carboxylic acids is 1. The monoisotopic (exact) mass is 215 g/mol. The molecule has 0 saturated heterocycles. The maximum absolute atomic E-state index is 12.1. The minimum Gasteiger partial charge on any atom is -0.293 e. The molecule has 0 N–H and O–H groups in total. The van der Waals surface area contributed by atoms with Crippen molar-refractivity contribution in [3.8, 4) is 6.07 Å². The molecule has 16 heavy (non-hydrogen) atoms. The lowest BCUT2D eigenvalue weighted by atomic mass is 9.89. The van der Waals surface area contributed by atoms with E-state index in [4.69, 9.17) is 5.26 Å². The molecule has 0 saturated carbocycles. The van der Waals surface area contributed by atoms with Crippen LogP contribution in [-0.4, -0.2) is 5.78 Å². The SMILES string of the molecule is Cc1ccccc1C(=O)C(C#N)CC(C)C. The Morgan fingerprint density at radius 2 is 2.00 bits per heavy atom. The summed E-state index contributed by atoms with van der Waals surface area (Å²) in [5.41, 5.74) is 1.62. The Bertz CT molecular complexity index is 415. The van der Waals surface area contributed by atoms with Crippen molar-refractivity contribution < 1.29 is 4.79 Å². The summed E-state index contributed by atoms with van der Waals surface area (Å²) in [4.78, 5) is 12.1. The van der Waals surface area contributed by atoms with Gasteiger partial charge in [-0.1, -0.05) is 38.1 Å². The summed E-state index contributed by atoms with van der Waals surface area (Å²) in [5, 5.41) is 9.03. The van der Waals surface area contributed by atoms with Crippen molar-refractivity contribution >= 4 is 5.78 Å². The summed E-state index contributed by atoms with van der Waals surface area (Å²) in [7, 11) is 0. The average molecular weight is 215 g/mol. The van der Waals surface area contributed by atoms with Gasteiger partial charge in [0.1, 0.15) is 5.92 Å². The maximum Gasteiger partial charge on any atom is 0.180 e. The number of nitrogens with zero attached hydrogens (tertiary/aromatic N) is 1. The smallest absolute Gasteiger partial charge is 0.180 e. The first-order chi connectivity index (χ1) is 7.56. The molecule has 1 atom stereocenters. The molecule has 0 spiro atoms. The fourth-order valence-electron chi connectivity index (χ4n) is 1.73. The predicted molar refractivity (Wildman–Crippen MR) is 64.1 cm³/mol. The molecule has 2 nitrogen and oxygen atoms in total. The van der Waals surface area contributed by atoms with Crippen LogP contribution in [0.25, 0.3) is 0 Å². The fraction of sp³-hybridized carbons (Fsp3) is 0.429. The number of nitriles is 1. The quantitative estimate of drug-likeness (QED) is 0.722. The third-order valence-corrected chi connectivity index (χ3v) is 2.59. The summed E-state index contributed by atoms with van der Waals surface area (Å²) in [6.45, 7) is 5.95. The van der Waals surface area contributed by atoms with Crippen molar-refractivity contribution in [3.63, 3.8) is 0 Å². The topological polar surface area (TPSA) is 40.9 Å². The molecule has 0 fully saturated rings. The molecule has 0 aliphatic carbocycles. The predicted octanol–water partition coefficient (Wildman–Crippen LogP) is 3.36. The molecule has 0 aliphatic heterocycles. The fourth-order valence-corrected chi connectivity index (χ4v) is 1.73. The standard InChI is InChI=1S/C14H17NO/c1-10(2)8-12(9-15)14(16)13-7-5-4-6-11(13)3/h4-7,10,12H,8H2,1-3H3. The van der Waals surface area contributed by atoms with Gasteiger partial charge in [0.2, 0.25) is 0 Å². The number of carbonyl (C=O) groups is 1. The molecule has 0 bridgehead atoms. The molecule has 0 radical (unpaired) electrons. The number of rotatable bonds is 4. The highest BCUT2D eigenvalue weighted by molar-refractivity contribution is 6.00. The first kappa shape index (κ1) is 12.4. The summed E-state index contributed by atoms with van der Waals surface area (Å²) in [6.07, 6.45) is 0.629. The van der Waals surface area contributed by atoms with E-state index in [0.717, 1.165) is 5.56 Å². The zero-order valence-corrected chi connectivity index (χ0v) is 10.0. The number of Topliss-reactive ketones (excluding diaryl/α,β-unsaturated/α-hetero) is 1. The number of ketones is 1. The van der Waals surface area contributed by atoms with Crippen LogP contribution in [0.2, 0.25) is 0 Å². The van der Waals surface area contributed by atoms with Crippen LogP contribution in [0.1, 0.15) is 36.2 Å². The van der Waals surface area contributed by atoms with Crippen LogP contribution in [0.3, 0.4) is 0 Å². The van der Waals surface area contributed by atoms with Crippen LogP contribution in [-0.2, 0) is 0 Å². The minimum atomic E-state index is -0.513. The van der Waals surface area contributed by atoms with Gasteiger partial charge >= 0.3 is 0 Å². The number of benzene rings is 1. The third kappa shape index (κ3) is 2.93. The Labute approximate surface area is 96.9 Å². The van der Waals surface area contributed by atoms with Gasteiger partial charge in [0.15, 0.2) is 5.78 Å². The van der Waals surface area contributed by atoms with Gasteiger partial charge in [-0.25, -0.2) is 0 Å². The lowest BCUT2D eigenvalue weighted by molar-refractivity contribution is 0.0936. The van der Waals surface area contributed by atoms with E-state index in [1.807, 2.05) is 39.0 Å². The van der Waals surface area contributed by atoms with E-state index in [9.17, 15) is 4.79 Å². The number of hydrogen-bond acceptors (Lipinski definition) is 2. The maximum atomic E-state index is 12.1. The van der Waals surface area contributed by atoms with Gasteiger partial charge < -0.3 is 0 Å². The van der Waals surface area contributed by atoms with Crippen molar-refractivity contribution in [1.82, 2.24) is 0 Å². The van der Waals surface area contributed by atoms with E-state index >= 15 is 0 Å². The van der Waals surface area contributed by atoms with Gasteiger partial charge in [-0.05, 0) is 24.8 Å². The van der Waals surface area contributed by atoms with Crippen molar-refractivity contribution in [2.75, 3.05) is 0 Å². The highest BCUT2D eigenvalue weighted by Gasteiger charge is 2.21. The van der Waals surface area contributed by atoms with Crippen molar-refractivity contribution in [2.24, 2.45) is 11.8 Å². The van der Waals surface area contributed by atoms with Gasteiger partial charge in [-0.3, -0.25) is 4.79 Å². The highest BCUT2D eigenvalue weighted by atomic mass is 16.1. The first-order valence-electron chi connectivity index (χ1n) is 5.55. The van der Waals surface area contributed by atoms with Gasteiger partial charge in [0.05, 0.1) is 6.07 Å². The highest BCUT2D eigenvalue weighted by Crippen LogP contribution is 2.18. The largest absolute Gasteiger partial charge is 0.293 e. The summed E-state index contributed by atoms with van der Waals surface area (Å²) < 4.78 is 0. The van der Waals surface area contributed by atoms with Gasteiger partial charge in [0.25, 0.3) is 0 Å². The van der Waals surface area contributed by atoms with Crippen molar-refractivity contribution in [1.29, 1.82) is 5.26 Å². The number of hydrogen-bond donors (Lipinski definition) is 0. The normalized spacial score (nSPS) is 12.2. The van der Waals surface area contributed by atoms with Gasteiger partial charge in [-0.15, -0.1) is 0 Å². The van der Waals surface area contributed by atoms with Gasteiger partial charge in [0, 0.05) is 5.56 Å². The molecular weight excluding hydrogens is 198 g/mol. The lowest BCUT2D eigenvalue weighted by Gasteiger charge is -2.12. The van der Waals surface area contributed by atoms with E-state index in [1.165, 1.54) is 0 Å². The first-order valence-corrected chi connectivity index (χ1v) is 5.55. The Balaban J connectivity index is 2.93. The van der Waals surface area contributed by atoms with E-state index in [0.29, 0.717) is 17.9 Å². The molecule has 84 valence electrons. The van der Waals surface area contributed by atoms with Crippen LogP contribution in [0.4, 0.5) is 0 Å². The van der Waals surface area contributed by atoms with Crippen LogP contribution in [0.5, 0.6) is 0 Å². The zero-order valence-electron chi connectivity index (χ0n) is 10.0. The molecule has 0 aliphatic rings. The van der Waals surface area contributed by atoms with Crippen molar-refractivity contribution in [3.05, 3.63) is 35.4 Å². The van der Waals surface area contributed by atoms with E-state index in [1.54, 1.807) is 6.07 Å². The Morgan fingerprint density at radius 1 is 1.38 bits per heavy atom. The minimum absolute atomic E-state index is 0.0469. The summed E-state index contributed by atoms with van der Waals surface area (Å²) in [5.74, 6) is -0.201. The van der Waals surface area contributed by atoms with E-state index in [-0.39, 0.29) is 5.78 Å². The van der Waals surface area contributed by atoms with Crippen LogP contribution < -0.4 is 0 Å². The molecule has 1 rings (SSSR count). The van der Waals surface area contributed by atoms with Crippen LogP contribution in [0.15, 0.2) is 24.3 Å². The lowest BCUT2D eigenvalue weighted by Crippen LogP contribution is -2.16. The molecule has 1 unspecified atom stereocenters. The molecule has 0 amide bonds. The van der Waals surface area contributed by atoms with Crippen LogP contribution in [0, 0.1) is 30.1 Å². The second-order valence-corrected chi connectivity index (χ2v) is 4.49. The van der Waals surface area contributed by atoms with E-state index < -0.39 is 5.92 Å². The summed E-state index contributed by atoms with van der Waals surface area (Å²) >= 11 is 0. The average Bonchev–Trinajstić information content (AvgIpc) is 2.25. The molecule has 0 heterocycles. The third-order valence-electron chi connectivity index (χ3n) is 2.59. The van der Waals surface area contributed by atoms with E-state index in [2.05, 4.69) is 6.07 Å². The summed E-state index contributed by atoms with van der Waals surface area (Å²) in [6, 6.07) is 9.54. The molecule has 2 heteroatoms. The van der Waals surface area contributed by atoms with Crippen LogP contribution >= 0.6 is 0 Å². The Kier molecular flexibility index (Phi) is 4.25. The Hall–Kier alpha value is -1.62. The second-order valence-electron chi connectivity index (χ2n) is 4.49. The number of aryl methyl sites for hydroxylation is 1. The molecule has 1 aromatic carbocycles. The second kappa shape index (κ2) is 5.46. The van der Waals surface area contributed by atoms with Gasteiger partial charge in [-0.2, -0.15) is 5.26 Å². The molecular formula is C14H17NO. The molecule has 0 aromatic heterocycles. The Morgan fingerprint density at radius 3 is 2.50 bits per heavy atom. The molecule has 1 aromatic rings. The van der Waals surface area contributed by atoms with Crippen molar-refractivity contribution in [2.45, 2.75) is 27.2 Å².